The van der Waals surface area contributed by atoms with Crippen molar-refractivity contribution in [2.75, 3.05) is 18.5 Å². The molecule has 1 aromatic carbocycles. The summed E-state index contributed by atoms with van der Waals surface area (Å²) in [5.41, 5.74) is 0.120. The molecule has 1 aliphatic carbocycles. The van der Waals surface area contributed by atoms with E-state index in [9.17, 15) is 14.9 Å². The van der Waals surface area contributed by atoms with Crippen LogP contribution >= 0.6 is 15.9 Å². The van der Waals surface area contributed by atoms with Gasteiger partial charge in [-0.1, -0.05) is 12.1 Å². The lowest BCUT2D eigenvalue weighted by Gasteiger charge is -2.43. The van der Waals surface area contributed by atoms with E-state index in [1.54, 1.807) is 16.8 Å². The Hall–Kier alpha value is -1.87. The predicted octanol–water partition coefficient (Wildman–Crippen LogP) is 2.71. The Morgan fingerprint density at radius 3 is 2.70 bits per heavy atom. The van der Waals surface area contributed by atoms with E-state index >= 15 is 0 Å². The summed E-state index contributed by atoms with van der Waals surface area (Å²) in [7, 11) is 1.69. The minimum absolute atomic E-state index is 0.0525. The second kappa shape index (κ2) is 5.97. The summed E-state index contributed by atoms with van der Waals surface area (Å²) in [6, 6.07) is 9.78. The van der Waals surface area contributed by atoms with Gasteiger partial charge in [0.25, 0.3) is 0 Å². The Morgan fingerprint density at radius 2 is 2.13 bits per heavy atom. The molecule has 0 bridgehead atoms. The van der Waals surface area contributed by atoms with Crippen molar-refractivity contribution in [2.45, 2.75) is 31.2 Å². The summed E-state index contributed by atoms with van der Waals surface area (Å²) in [6.45, 7) is 0.367. The molecule has 1 atom stereocenters. The van der Waals surface area contributed by atoms with Crippen LogP contribution < -0.4 is 4.90 Å². The van der Waals surface area contributed by atoms with Crippen molar-refractivity contribution in [3.05, 3.63) is 28.7 Å². The number of nitrogens with zero attached hydrogens (tertiary/aromatic N) is 3. The fourth-order valence-electron chi connectivity index (χ4n) is 3.30. The predicted molar refractivity (Wildman–Crippen MR) is 89.6 cm³/mol. The number of benzene rings is 1. The van der Waals surface area contributed by atoms with Gasteiger partial charge in [0, 0.05) is 24.5 Å². The summed E-state index contributed by atoms with van der Waals surface area (Å²) >= 11 is 3.45. The van der Waals surface area contributed by atoms with Crippen molar-refractivity contribution in [3.8, 4) is 6.07 Å². The Morgan fingerprint density at radius 1 is 1.43 bits per heavy atom. The molecule has 0 aromatic heterocycles. The monoisotopic (exact) mass is 375 g/mol. The first-order chi connectivity index (χ1) is 11.0. The first-order valence-electron chi connectivity index (χ1n) is 7.72. The maximum absolute atomic E-state index is 12.7. The SMILES string of the molecule is CN(C(=O)[C@H]1CC(=O)N(c2ccccc2Br)C1)C1(C#N)CCC1. The standard InChI is InChI=1S/C17H18BrN3O2/c1-20(17(11-19)7-4-8-17)16(23)12-9-15(22)21(10-12)14-6-3-2-5-13(14)18/h2-3,5-6,12H,4,7-10H2,1H3/t12-/m0/s1. The quantitative estimate of drug-likeness (QED) is 0.815. The van der Waals surface area contributed by atoms with E-state index in [0.29, 0.717) is 6.54 Å². The number of amides is 2. The van der Waals surface area contributed by atoms with Gasteiger partial charge in [0.15, 0.2) is 0 Å². The minimum atomic E-state index is -0.666. The molecule has 0 spiro atoms. The van der Waals surface area contributed by atoms with Crippen LogP contribution in [0.1, 0.15) is 25.7 Å². The molecule has 1 heterocycles. The molecule has 1 aromatic rings. The third-order valence-electron chi connectivity index (χ3n) is 4.98. The zero-order valence-electron chi connectivity index (χ0n) is 13.0. The number of para-hydroxylation sites is 1. The fraction of sp³-hybridized carbons (Fsp3) is 0.471. The van der Waals surface area contributed by atoms with Gasteiger partial charge in [-0.15, -0.1) is 0 Å². The maximum Gasteiger partial charge on any atom is 0.229 e. The summed E-state index contributed by atoms with van der Waals surface area (Å²) in [6.07, 6.45) is 2.62. The molecule has 1 aliphatic heterocycles. The molecule has 120 valence electrons. The minimum Gasteiger partial charge on any atom is -0.327 e. The van der Waals surface area contributed by atoms with E-state index < -0.39 is 5.54 Å². The Bertz CT molecular complexity index is 693. The van der Waals surface area contributed by atoms with Crippen molar-refractivity contribution in [1.82, 2.24) is 4.90 Å². The van der Waals surface area contributed by atoms with Gasteiger partial charge >= 0.3 is 0 Å². The molecule has 0 unspecified atom stereocenters. The summed E-state index contributed by atoms with van der Waals surface area (Å²) in [5, 5.41) is 9.39. The van der Waals surface area contributed by atoms with Gasteiger partial charge in [-0.3, -0.25) is 9.59 Å². The molecular weight excluding hydrogens is 358 g/mol. The van der Waals surface area contributed by atoms with Crippen LogP contribution in [0.3, 0.4) is 0 Å². The van der Waals surface area contributed by atoms with Crippen LogP contribution in [0.15, 0.2) is 28.7 Å². The molecule has 3 rings (SSSR count). The van der Waals surface area contributed by atoms with Gasteiger partial charge in [-0.05, 0) is 47.3 Å². The van der Waals surface area contributed by atoms with E-state index in [2.05, 4.69) is 22.0 Å². The topological polar surface area (TPSA) is 64.4 Å². The van der Waals surface area contributed by atoms with Crippen LogP contribution in [0.2, 0.25) is 0 Å². The highest BCUT2D eigenvalue weighted by Gasteiger charge is 2.47. The number of anilines is 1. The van der Waals surface area contributed by atoms with E-state index in [-0.39, 0.29) is 24.2 Å². The van der Waals surface area contributed by atoms with E-state index in [1.807, 2.05) is 24.3 Å². The second-order valence-electron chi connectivity index (χ2n) is 6.25. The number of carbonyl (C=O) groups excluding carboxylic acids is 2. The smallest absolute Gasteiger partial charge is 0.229 e. The third kappa shape index (κ3) is 2.63. The van der Waals surface area contributed by atoms with Crippen molar-refractivity contribution in [2.24, 2.45) is 5.92 Å². The summed E-state index contributed by atoms with van der Waals surface area (Å²) in [5.74, 6) is -0.539. The molecule has 5 nitrogen and oxygen atoms in total. The van der Waals surface area contributed by atoms with Gasteiger partial charge in [0.2, 0.25) is 11.8 Å². The van der Waals surface area contributed by atoms with Gasteiger partial charge in [-0.2, -0.15) is 5.26 Å². The first kappa shape index (κ1) is 16.0. The molecule has 0 radical (unpaired) electrons. The van der Waals surface area contributed by atoms with Crippen molar-refractivity contribution in [1.29, 1.82) is 5.26 Å². The number of nitriles is 1. The highest BCUT2D eigenvalue weighted by atomic mass is 79.9. The van der Waals surface area contributed by atoms with E-state index in [4.69, 9.17) is 0 Å². The maximum atomic E-state index is 12.7. The van der Waals surface area contributed by atoms with Crippen molar-refractivity contribution < 1.29 is 9.59 Å². The van der Waals surface area contributed by atoms with Gasteiger partial charge in [-0.25, -0.2) is 0 Å². The lowest BCUT2D eigenvalue weighted by atomic mass is 9.76. The molecule has 2 fully saturated rings. The van der Waals surface area contributed by atoms with Crippen LogP contribution in [0.25, 0.3) is 0 Å². The van der Waals surface area contributed by atoms with E-state index in [1.165, 1.54) is 0 Å². The van der Waals surface area contributed by atoms with E-state index in [0.717, 1.165) is 29.4 Å². The lowest BCUT2D eigenvalue weighted by molar-refractivity contribution is -0.140. The Balaban J connectivity index is 1.76. The van der Waals surface area contributed by atoms with Crippen LogP contribution in [0, 0.1) is 17.2 Å². The Kier molecular flexibility index (Phi) is 4.15. The second-order valence-corrected chi connectivity index (χ2v) is 7.11. The summed E-state index contributed by atoms with van der Waals surface area (Å²) in [4.78, 5) is 28.3. The lowest BCUT2D eigenvalue weighted by Crippen LogP contribution is -2.55. The van der Waals surface area contributed by atoms with Gasteiger partial charge in [0.1, 0.15) is 5.54 Å². The molecule has 6 heteroatoms. The number of hydrogen-bond donors (Lipinski definition) is 0. The highest BCUT2D eigenvalue weighted by molar-refractivity contribution is 9.10. The van der Waals surface area contributed by atoms with Gasteiger partial charge in [0.05, 0.1) is 17.7 Å². The molecule has 23 heavy (non-hydrogen) atoms. The first-order valence-corrected chi connectivity index (χ1v) is 8.51. The molecule has 1 saturated heterocycles. The third-order valence-corrected chi connectivity index (χ3v) is 5.65. The zero-order valence-corrected chi connectivity index (χ0v) is 14.5. The normalized spacial score (nSPS) is 22.4. The number of rotatable bonds is 3. The molecule has 2 amide bonds. The van der Waals surface area contributed by atoms with Crippen molar-refractivity contribution in [3.63, 3.8) is 0 Å². The Labute approximate surface area is 144 Å². The van der Waals surface area contributed by atoms with Gasteiger partial charge < -0.3 is 9.80 Å². The highest BCUT2D eigenvalue weighted by Crippen LogP contribution is 2.38. The molecule has 1 saturated carbocycles. The molecule has 2 aliphatic rings. The number of carbonyl (C=O) groups is 2. The van der Waals surface area contributed by atoms with Crippen LogP contribution in [-0.4, -0.2) is 35.8 Å². The summed E-state index contributed by atoms with van der Waals surface area (Å²) < 4.78 is 0.835. The van der Waals surface area contributed by atoms with Crippen LogP contribution in [-0.2, 0) is 9.59 Å². The van der Waals surface area contributed by atoms with Crippen LogP contribution in [0.5, 0.6) is 0 Å². The molecule has 0 N–H and O–H groups in total. The molecular formula is C17H18BrN3O2. The average Bonchev–Trinajstić information content (AvgIpc) is 2.88. The fourth-order valence-corrected chi connectivity index (χ4v) is 3.79. The largest absolute Gasteiger partial charge is 0.327 e. The average molecular weight is 376 g/mol. The number of hydrogen-bond acceptors (Lipinski definition) is 3. The number of halogens is 1. The van der Waals surface area contributed by atoms with Crippen molar-refractivity contribution >= 4 is 33.4 Å². The van der Waals surface area contributed by atoms with Crippen LogP contribution in [0.4, 0.5) is 5.69 Å². The zero-order chi connectivity index (χ0) is 16.6.